The SMILES string of the molecule is CCNC(=O)[C@H](C)N(Cc1ccc(Cl)cc1Cl)C(=O)CN(c1cccc(C)c1C)S(=O)(=O)c1ccc(C)cc1. The molecule has 3 aromatic rings. The molecule has 10 heteroatoms. The summed E-state index contributed by atoms with van der Waals surface area (Å²) in [4.78, 5) is 28.2. The summed E-state index contributed by atoms with van der Waals surface area (Å²) < 4.78 is 29.0. The van der Waals surface area contributed by atoms with Crippen LogP contribution >= 0.6 is 23.2 Å². The highest BCUT2D eigenvalue weighted by Crippen LogP contribution is 2.30. The van der Waals surface area contributed by atoms with Crippen LogP contribution in [0.2, 0.25) is 10.0 Å². The highest BCUT2D eigenvalue weighted by atomic mass is 35.5. The fourth-order valence-corrected chi connectivity index (χ4v) is 6.03. The summed E-state index contributed by atoms with van der Waals surface area (Å²) in [5.41, 5.74) is 3.48. The normalized spacial score (nSPS) is 12.1. The molecule has 0 aliphatic heterocycles. The third-order valence-electron chi connectivity index (χ3n) is 6.61. The second kappa shape index (κ2) is 12.9. The minimum atomic E-state index is -4.14. The lowest BCUT2D eigenvalue weighted by Crippen LogP contribution is -2.51. The Hall–Kier alpha value is -3.07. The molecule has 3 aromatic carbocycles. The van der Waals surface area contributed by atoms with Gasteiger partial charge in [-0.05, 0) is 81.6 Å². The van der Waals surface area contributed by atoms with Crippen molar-refractivity contribution in [1.29, 1.82) is 0 Å². The van der Waals surface area contributed by atoms with Crippen LogP contribution in [0.5, 0.6) is 0 Å². The molecule has 0 aliphatic rings. The number of anilines is 1. The van der Waals surface area contributed by atoms with Crippen LogP contribution in [-0.2, 0) is 26.2 Å². The predicted octanol–water partition coefficient (Wildman–Crippen LogP) is 5.67. The van der Waals surface area contributed by atoms with Gasteiger partial charge in [-0.25, -0.2) is 8.42 Å². The molecule has 0 bridgehead atoms. The van der Waals surface area contributed by atoms with E-state index in [9.17, 15) is 18.0 Å². The van der Waals surface area contributed by atoms with Gasteiger partial charge < -0.3 is 10.2 Å². The zero-order chi connectivity index (χ0) is 28.9. The molecule has 3 rings (SSSR count). The maximum absolute atomic E-state index is 14.0. The molecule has 0 spiro atoms. The molecule has 0 heterocycles. The molecule has 0 radical (unpaired) electrons. The number of nitrogens with zero attached hydrogens (tertiary/aromatic N) is 2. The predicted molar refractivity (Wildman–Crippen MR) is 157 cm³/mol. The van der Waals surface area contributed by atoms with Crippen molar-refractivity contribution in [3.05, 3.63) is 93.0 Å². The topological polar surface area (TPSA) is 86.8 Å². The number of aryl methyl sites for hydroxylation is 2. The second-order valence-corrected chi connectivity index (χ2v) is 12.1. The van der Waals surface area contributed by atoms with Crippen molar-refractivity contribution in [2.45, 2.75) is 52.1 Å². The number of halogens is 2. The van der Waals surface area contributed by atoms with Crippen molar-refractivity contribution in [2.75, 3.05) is 17.4 Å². The number of nitrogens with one attached hydrogen (secondary N) is 1. The smallest absolute Gasteiger partial charge is 0.264 e. The zero-order valence-corrected chi connectivity index (χ0v) is 25.0. The van der Waals surface area contributed by atoms with Gasteiger partial charge in [0, 0.05) is 23.1 Å². The van der Waals surface area contributed by atoms with Gasteiger partial charge in [0.1, 0.15) is 12.6 Å². The van der Waals surface area contributed by atoms with Crippen molar-refractivity contribution < 1.29 is 18.0 Å². The van der Waals surface area contributed by atoms with Crippen molar-refractivity contribution >= 4 is 50.7 Å². The number of amides is 2. The Kier molecular flexibility index (Phi) is 10.0. The van der Waals surface area contributed by atoms with Gasteiger partial charge in [-0.15, -0.1) is 0 Å². The Morgan fingerprint density at radius 2 is 1.64 bits per heavy atom. The summed E-state index contributed by atoms with van der Waals surface area (Å²) in [5.74, 6) is -0.924. The van der Waals surface area contributed by atoms with Crippen molar-refractivity contribution in [2.24, 2.45) is 0 Å². The first-order chi connectivity index (χ1) is 18.4. The summed E-state index contributed by atoms with van der Waals surface area (Å²) in [6, 6.07) is 15.8. The first-order valence-electron chi connectivity index (χ1n) is 12.5. The highest BCUT2D eigenvalue weighted by molar-refractivity contribution is 7.92. The van der Waals surface area contributed by atoms with E-state index in [1.807, 2.05) is 26.8 Å². The minimum Gasteiger partial charge on any atom is -0.355 e. The maximum Gasteiger partial charge on any atom is 0.264 e. The van der Waals surface area contributed by atoms with E-state index in [0.717, 1.165) is 21.0 Å². The quantitative estimate of drug-likeness (QED) is 0.330. The minimum absolute atomic E-state index is 0.0155. The zero-order valence-electron chi connectivity index (χ0n) is 22.7. The van der Waals surface area contributed by atoms with Gasteiger partial charge >= 0.3 is 0 Å². The summed E-state index contributed by atoms with van der Waals surface area (Å²) >= 11 is 12.4. The van der Waals surface area contributed by atoms with E-state index < -0.39 is 28.5 Å². The lowest BCUT2D eigenvalue weighted by Gasteiger charge is -2.32. The maximum atomic E-state index is 14.0. The summed E-state index contributed by atoms with van der Waals surface area (Å²) in [6.07, 6.45) is 0. The molecule has 2 amide bonds. The van der Waals surface area contributed by atoms with Crippen LogP contribution < -0.4 is 9.62 Å². The van der Waals surface area contributed by atoms with E-state index in [4.69, 9.17) is 23.2 Å². The number of benzene rings is 3. The van der Waals surface area contributed by atoms with E-state index in [1.165, 1.54) is 17.0 Å². The van der Waals surface area contributed by atoms with Crippen LogP contribution in [0.3, 0.4) is 0 Å². The lowest BCUT2D eigenvalue weighted by molar-refractivity contribution is -0.139. The van der Waals surface area contributed by atoms with E-state index in [0.29, 0.717) is 27.8 Å². The molecule has 0 fully saturated rings. The van der Waals surface area contributed by atoms with Crippen molar-refractivity contribution in [3.63, 3.8) is 0 Å². The van der Waals surface area contributed by atoms with Crippen LogP contribution in [0.1, 0.15) is 36.1 Å². The van der Waals surface area contributed by atoms with E-state index in [-0.39, 0.29) is 17.3 Å². The molecule has 0 aliphatic carbocycles. The Bertz CT molecular complexity index is 1460. The van der Waals surface area contributed by atoms with Gasteiger partial charge in [0.05, 0.1) is 10.6 Å². The van der Waals surface area contributed by atoms with Gasteiger partial charge in [-0.1, -0.05) is 59.1 Å². The first kappa shape index (κ1) is 30.5. The summed E-state index contributed by atoms with van der Waals surface area (Å²) in [5, 5.41) is 3.50. The van der Waals surface area contributed by atoms with Crippen LogP contribution in [0.4, 0.5) is 5.69 Å². The molecule has 0 saturated heterocycles. The molecule has 208 valence electrons. The molecule has 1 N–H and O–H groups in total. The highest BCUT2D eigenvalue weighted by Gasteiger charge is 2.33. The average molecular weight is 591 g/mol. The standard InChI is InChI=1S/C29H33Cl2N3O4S/c1-6-32-29(36)22(5)33(17-23-12-13-24(30)16-26(23)31)28(35)18-34(27-9-7-8-20(3)21(27)4)39(37,38)25-14-10-19(2)11-15-25/h7-16,22H,6,17-18H2,1-5H3,(H,32,36)/t22-/m0/s1. The van der Waals surface area contributed by atoms with E-state index in [2.05, 4.69) is 5.32 Å². The lowest BCUT2D eigenvalue weighted by atomic mass is 10.1. The van der Waals surface area contributed by atoms with Gasteiger partial charge in [-0.2, -0.15) is 0 Å². The van der Waals surface area contributed by atoms with E-state index >= 15 is 0 Å². The number of likely N-dealkylation sites (N-methyl/N-ethyl adjacent to an activating group) is 1. The van der Waals surface area contributed by atoms with Crippen LogP contribution in [-0.4, -0.2) is 44.3 Å². The average Bonchev–Trinajstić information content (AvgIpc) is 2.88. The fraction of sp³-hybridized carbons (Fsp3) is 0.310. The molecule has 1 atom stereocenters. The van der Waals surface area contributed by atoms with Gasteiger partial charge in [0.2, 0.25) is 11.8 Å². The molecule has 0 saturated carbocycles. The molecule has 0 unspecified atom stereocenters. The number of carbonyl (C=O) groups excluding carboxylic acids is 2. The van der Waals surface area contributed by atoms with Gasteiger partial charge in [0.15, 0.2) is 0 Å². The molecular formula is C29H33Cl2N3O4S. The molecule has 0 aromatic heterocycles. The van der Waals surface area contributed by atoms with E-state index in [1.54, 1.807) is 56.3 Å². The van der Waals surface area contributed by atoms with Crippen LogP contribution in [0.15, 0.2) is 65.6 Å². The third kappa shape index (κ3) is 7.12. The van der Waals surface area contributed by atoms with Gasteiger partial charge in [-0.3, -0.25) is 13.9 Å². The van der Waals surface area contributed by atoms with Crippen molar-refractivity contribution in [3.8, 4) is 0 Å². The van der Waals surface area contributed by atoms with Crippen LogP contribution in [0, 0.1) is 20.8 Å². The number of sulfonamides is 1. The Labute approximate surface area is 240 Å². The summed E-state index contributed by atoms with van der Waals surface area (Å²) in [7, 11) is -4.14. The molecule has 39 heavy (non-hydrogen) atoms. The van der Waals surface area contributed by atoms with Crippen molar-refractivity contribution in [1.82, 2.24) is 10.2 Å². The Morgan fingerprint density at radius 1 is 0.974 bits per heavy atom. The van der Waals surface area contributed by atoms with Gasteiger partial charge in [0.25, 0.3) is 10.0 Å². The second-order valence-electron chi connectivity index (χ2n) is 9.37. The van der Waals surface area contributed by atoms with Crippen LogP contribution in [0.25, 0.3) is 0 Å². The largest absolute Gasteiger partial charge is 0.355 e. The number of rotatable bonds is 10. The Balaban J connectivity index is 2.09. The number of carbonyl (C=O) groups is 2. The summed E-state index contributed by atoms with van der Waals surface area (Å²) in [6.45, 7) is 8.79. The number of hydrogen-bond acceptors (Lipinski definition) is 4. The monoisotopic (exact) mass is 589 g/mol. The molecule has 7 nitrogen and oxygen atoms in total. The number of hydrogen-bond donors (Lipinski definition) is 1. The first-order valence-corrected chi connectivity index (χ1v) is 14.7. The Morgan fingerprint density at radius 3 is 2.26 bits per heavy atom. The molecular weight excluding hydrogens is 557 g/mol. The third-order valence-corrected chi connectivity index (χ3v) is 8.97. The fourth-order valence-electron chi connectivity index (χ4n) is 4.09.